The van der Waals surface area contributed by atoms with Gasteiger partial charge in [0.1, 0.15) is 0 Å². The lowest BCUT2D eigenvalue weighted by Gasteiger charge is -2.08. The molecule has 6 rings (SSSR count). The molecule has 0 spiro atoms. The molecular weight excluding hydrogens is 536 g/mol. The maximum absolute atomic E-state index is 13.2. The van der Waals surface area contributed by atoms with Gasteiger partial charge in [-0.25, -0.2) is 0 Å². The minimum atomic E-state index is -0.368. The van der Waals surface area contributed by atoms with E-state index in [2.05, 4.69) is 0 Å². The molecule has 8 heteroatoms. The Hall–Kier alpha value is -5.50. The molecular formula is C34H24O8. The van der Waals surface area contributed by atoms with Crippen molar-refractivity contribution in [3.63, 3.8) is 0 Å². The Morgan fingerprint density at radius 2 is 0.571 bits per heavy atom. The van der Waals surface area contributed by atoms with Crippen LogP contribution in [0.3, 0.4) is 0 Å². The highest BCUT2D eigenvalue weighted by atomic mass is 16.5. The molecule has 2 aliphatic rings. The molecule has 0 saturated heterocycles. The van der Waals surface area contributed by atoms with E-state index in [9.17, 15) is 19.2 Å². The molecule has 0 bridgehead atoms. The van der Waals surface area contributed by atoms with Gasteiger partial charge < -0.3 is 18.9 Å². The van der Waals surface area contributed by atoms with Gasteiger partial charge in [-0.05, 0) is 45.1 Å². The Kier molecular flexibility index (Phi) is 6.46. The molecule has 0 fully saturated rings. The molecule has 0 aliphatic heterocycles. The summed E-state index contributed by atoms with van der Waals surface area (Å²) in [6.07, 6.45) is 0. The molecule has 0 N–H and O–H groups in total. The monoisotopic (exact) mass is 560 g/mol. The highest BCUT2D eigenvalue weighted by Gasteiger charge is 2.36. The summed E-state index contributed by atoms with van der Waals surface area (Å²) in [4.78, 5) is 52.7. The number of rotatable bonds is 4. The molecule has 0 unspecified atom stereocenters. The average Bonchev–Trinajstić information content (AvgIpc) is 3.42. The van der Waals surface area contributed by atoms with Crippen LogP contribution in [0.5, 0.6) is 23.0 Å². The van der Waals surface area contributed by atoms with Crippen molar-refractivity contribution >= 4 is 34.3 Å². The number of carbonyl (C=O) groups excluding carboxylic acids is 4. The molecule has 0 heterocycles. The fourth-order valence-electron chi connectivity index (χ4n) is 5.44. The van der Waals surface area contributed by atoms with E-state index in [1.54, 1.807) is 24.3 Å². The minimum Gasteiger partial charge on any atom is -0.493 e. The van der Waals surface area contributed by atoms with Gasteiger partial charge in [-0.1, -0.05) is 48.5 Å². The van der Waals surface area contributed by atoms with Gasteiger partial charge in [0.15, 0.2) is 46.1 Å². The van der Waals surface area contributed by atoms with Crippen LogP contribution in [0.25, 0.3) is 11.1 Å². The van der Waals surface area contributed by atoms with Crippen LogP contribution < -0.4 is 29.4 Å². The van der Waals surface area contributed by atoms with Crippen LogP contribution >= 0.6 is 0 Å². The smallest absolute Gasteiger partial charge is 0.198 e. The number of Topliss-reactive ketones (excluding diaryl/α,β-unsaturated/α-hetero) is 4. The third-order valence-corrected chi connectivity index (χ3v) is 7.61. The molecule has 0 atom stereocenters. The van der Waals surface area contributed by atoms with Crippen LogP contribution in [0.15, 0.2) is 72.8 Å². The molecule has 42 heavy (non-hydrogen) atoms. The summed E-state index contributed by atoms with van der Waals surface area (Å²) in [6.45, 7) is 0. The summed E-state index contributed by atoms with van der Waals surface area (Å²) in [7, 11) is 5.88. The number of fused-ring (bicyclic) bond motifs is 2. The molecule has 0 saturated carbocycles. The zero-order valence-corrected chi connectivity index (χ0v) is 23.2. The Morgan fingerprint density at radius 3 is 0.786 bits per heavy atom. The second-order valence-corrected chi connectivity index (χ2v) is 9.73. The van der Waals surface area contributed by atoms with E-state index in [4.69, 9.17) is 18.9 Å². The van der Waals surface area contributed by atoms with Crippen molar-refractivity contribution in [3.8, 4) is 23.0 Å². The lowest BCUT2D eigenvalue weighted by molar-refractivity contribution is 0.101. The fourth-order valence-corrected chi connectivity index (χ4v) is 5.44. The summed E-state index contributed by atoms with van der Waals surface area (Å²) in [5.41, 5.74) is 1.29. The second kappa shape index (κ2) is 10.2. The van der Waals surface area contributed by atoms with Crippen LogP contribution in [0.1, 0.15) is 41.4 Å². The van der Waals surface area contributed by atoms with E-state index in [0.29, 0.717) is 33.4 Å². The first kappa shape index (κ1) is 26.7. The molecule has 4 aromatic carbocycles. The van der Waals surface area contributed by atoms with Crippen molar-refractivity contribution in [1.29, 1.82) is 0 Å². The molecule has 208 valence electrons. The van der Waals surface area contributed by atoms with Crippen LogP contribution in [0.4, 0.5) is 0 Å². The van der Waals surface area contributed by atoms with Gasteiger partial charge in [0, 0.05) is 22.3 Å². The van der Waals surface area contributed by atoms with Gasteiger partial charge in [0.2, 0.25) is 0 Å². The zero-order valence-electron chi connectivity index (χ0n) is 23.2. The Labute approximate surface area is 239 Å². The lowest BCUT2D eigenvalue weighted by atomic mass is 10.1. The van der Waals surface area contributed by atoms with Gasteiger partial charge in [0.05, 0.1) is 39.6 Å². The Bertz CT molecular complexity index is 1820. The van der Waals surface area contributed by atoms with E-state index in [0.717, 1.165) is 10.4 Å². The third-order valence-electron chi connectivity index (χ3n) is 7.61. The molecule has 8 nitrogen and oxygen atoms in total. The second-order valence-electron chi connectivity index (χ2n) is 9.73. The summed E-state index contributed by atoms with van der Waals surface area (Å²) in [5.74, 6) is 0.0265. The highest BCUT2D eigenvalue weighted by Crippen LogP contribution is 2.37. The van der Waals surface area contributed by atoms with E-state index >= 15 is 0 Å². The molecule has 0 aromatic heterocycles. The van der Waals surface area contributed by atoms with Crippen LogP contribution in [-0.2, 0) is 0 Å². The predicted molar refractivity (Wildman–Crippen MR) is 153 cm³/mol. The van der Waals surface area contributed by atoms with Gasteiger partial charge in [-0.15, -0.1) is 0 Å². The SMILES string of the molecule is COc1cc2c(cc1OC)C(=O)C(=c1ccc(=c3ccc(=C4C(=O)c5cc(OC)c(OC)cc5C4=O)cc3)cc1)C2=O. The average molecular weight is 561 g/mol. The lowest BCUT2D eigenvalue weighted by Crippen LogP contribution is -2.14. The van der Waals surface area contributed by atoms with E-state index in [-0.39, 0.29) is 56.5 Å². The number of hydrogen-bond acceptors (Lipinski definition) is 8. The third kappa shape index (κ3) is 3.99. The molecule has 2 aliphatic carbocycles. The highest BCUT2D eigenvalue weighted by molar-refractivity contribution is 6.56. The number of methoxy groups -OCH3 is 4. The largest absolute Gasteiger partial charge is 0.493 e. The van der Waals surface area contributed by atoms with Gasteiger partial charge >= 0.3 is 0 Å². The van der Waals surface area contributed by atoms with Crippen molar-refractivity contribution in [2.45, 2.75) is 0 Å². The van der Waals surface area contributed by atoms with Gasteiger partial charge in [-0.3, -0.25) is 19.2 Å². The Balaban J connectivity index is 1.40. The maximum atomic E-state index is 13.2. The molecule has 0 radical (unpaired) electrons. The van der Waals surface area contributed by atoms with Crippen LogP contribution in [0.2, 0.25) is 0 Å². The van der Waals surface area contributed by atoms with Gasteiger partial charge in [0.25, 0.3) is 0 Å². The van der Waals surface area contributed by atoms with Crippen LogP contribution in [0, 0.1) is 10.4 Å². The van der Waals surface area contributed by atoms with E-state index in [1.165, 1.54) is 52.7 Å². The normalized spacial score (nSPS) is 13.8. The number of ketones is 4. The summed E-state index contributed by atoms with van der Waals surface area (Å²) < 4.78 is 21.2. The standard InChI is InChI=1S/C34H24O8/c1-39-25-13-21-22(14-26(25)40-2)32(36)29(31(21)35)19-9-5-17(6-10-19)18-7-11-20(12-8-18)30-33(37)23-15-27(41-3)28(42-4)16-24(23)34(30)38/h5-16H,1-4H3. The van der Waals surface area contributed by atoms with Crippen molar-refractivity contribution in [3.05, 3.63) is 116 Å². The minimum absolute atomic E-state index is 0.0877. The van der Waals surface area contributed by atoms with Crippen molar-refractivity contribution in [2.24, 2.45) is 0 Å². The number of benzene rings is 4. The number of ether oxygens (including phenoxy) is 4. The van der Waals surface area contributed by atoms with Crippen molar-refractivity contribution < 1.29 is 38.1 Å². The topological polar surface area (TPSA) is 105 Å². The number of hydrogen-bond donors (Lipinski definition) is 0. The fraction of sp³-hybridized carbons (Fsp3) is 0.118. The predicted octanol–water partition coefficient (Wildman–Crippen LogP) is 3.47. The molecule has 0 amide bonds. The van der Waals surface area contributed by atoms with Gasteiger partial charge in [-0.2, -0.15) is 0 Å². The molecule has 4 aromatic rings. The quantitative estimate of drug-likeness (QED) is 0.374. The van der Waals surface area contributed by atoms with Crippen LogP contribution in [-0.4, -0.2) is 51.6 Å². The number of carbonyl (C=O) groups is 4. The first-order valence-corrected chi connectivity index (χ1v) is 13.0. The van der Waals surface area contributed by atoms with Crippen molar-refractivity contribution in [2.75, 3.05) is 28.4 Å². The zero-order chi connectivity index (χ0) is 29.7. The first-order valence-electron chi connectivity index (χ1n) is 13.0. The summed E-state index contributed by atoms with van der Waals surface area (Å²) >= 11 is 0. The Morgan fingerprint density at radius 1 is 0.357 bits per heavy atom. The maximum Gasteiger partial charge on any atom is 0.198 e. The first-order chi connectivity index (χ1) is 20.3. The van der Waals surface area contributed by atoms with E-state index < -0.39 is 0 Å². The summed E-state index contributed by atoms with van der Waals surface area (Å²) in [5, 5.41) is 2.66. The van der Waals surface area contributed by atoms with Crippen molar-refractivity contribution in [1.82, 2.24) is 0 Å². The van der Waals surface area contributed by atoms with E-state index in [1.807, 2.05) is 24.3 Å². The summed E-state index contributed by atoms with van der Waals surface area (Å²) in [6, 6.07) is 20.3.